The van der Waals surface area contributed by atoms with E-state index in [1.165, 1.54) is 10.6 Å². The number of hydrogen-bond acceptors (Lipinski definition) is 6. The number of pyridine rings is 1. The zero-order chi connectivity index (χ0) is 25.9. The standard InChI is InChI=1S/C30H28N6OS/c1-38-25-12-10-23(11-13-25)28-21-36(33-32-28)20-22-6-8-24(9-7-22)30(37)35-18-16-34(17-19-35)29-14-15-31-27-5-3-2-4-26(27)29/h2-15,21H,16-20H2,1H3. The minimum absolute atomic E-state index is 0.0764. The van der Waals surface area contributed by atoms with Crippen molar-refractivity contribution in [1.29, 1.82) is 0 Å². The first-order valence-corrected chi connectivity index (χ1v) is 13.9. The number of amides is 1. The van der Waals surface area contributed by atoms with Gasteiger partial charge in [0.25, 0.3) is 5.91 Å². The largest absolute Gasteiger partial charge is 0.367 e. The van der Waals surface area contributed by atoms with Crippen molar-refractivity contribution in [2.24, 2.45) is 0 Å². The summed E-state index contributed by atoms with van der Waals surface area (Å²) in [6, 6.07) is 26.4. The summed E-state index contributed by atoms with van der Waals surface area (Å²) in [4.78, 5) is 23.2. The highest BCUT2D eigenvalue weighted by Gasteiger charge is 2.23. The third kappa shape index (κ3) is 4.99. The highest BCUT2D eigenvalue weighted by atomic mass is 32.2. The van der Waals surface area contributed by atoms with E-state index >= 15 is 0 Å². The number of nitrogens with zero attached hydrogens (tertiary/aromatic N) is 6. The van der Waals surface area contributed by atoms with Gasteiger partial charge >= 0.3 is 0 Å². The Morgan fingerprint density at radius 2 is 1.66 bits per heavy atom. The molecule has 3 aromatic carbocycles. The fourth-order valence-corrected chi connectivity index (χ4v) is 5.31. The first kappa shape index (κ1) is 24.2. The fourth-order valence-electron chi connectivity index (χ4n) is 4.90. The lowest BCUT2D eigenvalue weighted by Gasteiger charge is -2.36. The van der Waals surface area contributed by atoms with Crippen LogP contribution in [0, 0.1) is 0 Å². The maximum Gasteiger partial charge on any atom is 0.253 e. The summed E-state index contributed by atoms with van der Waals surface area (Å²) in [6.45, 7) is 3.58. The van der Waals surface area contributed by atoms with Crippen LogP contribution in [0.5, 0.6) is 0 Å². The van der Waals surface area contributed by atoms with E-state index in [4.69, 9.17) is 0 Å². The molecule has 3 heterocycles. The summed E-state index contributed by atoms with van der Waals surface area (Å²) < 4.78 is 1.83. The molecule has 38 heavy (non-hydrogen) atoms. The second-order valence-corrected chi connectivity index (χ2v) is 10.2. The lowest BCUT2D eigenvalue weighted by atomic mass is 10.1. The van der Waals surface area contributed by atoms with Gasteiger partial charge in [0, 0.05) is 59.5 Å². The van der Waals surface area contributed by atoms with E-state index in [1.807, 2.05) is 64.4 Å². The number of aromatic nitrogens is 4. The topological polar surface area (TPSA) is 67.2 Å². The van der Waals surface area contributed by atoms with Crippen molar-refractivity contribution >= 4 is 34.3 Å². The molecule has 0 saturated carbocycles. The van der Waals surface area contributed by atoms with Crippen molar-refractivity contribution in [2.45, 2.75) is 11.4 Å². The van der Waals surface area contributed by atoms with E-state index in [0.29, 0.717) is 25.2 Å². The van der Waals surface area contributed by atoms with Crippen molar-refractivity contribution in [2.75, 3.05) is 37.3 Å². The van der Waals surface area contributed by atoms with Gasteiger partial charge in [0.05, 0.1) is 18.3 Å². The predicted molar refractivity (Wildman–Crippen MR) is 153 cm³/mol. The van der Waals surface area contributed by atoms with Crippen molar-refractivity contribution in [3.63, 3.8) is 0 Å². The Morgan fingerprint density at radius 1 is 0.895 bits per heavy atom. The SMILES string of the molecule is CSc1ccc(-c2cn(Cc3ccc(C(=O)N4CCN(c5ccnc6ccccc56)CC4)cc3)nn2)cc1. The monoisotopic (exact) mass is 520 g/mol. The van der Waals surface area contributed by atoms with Crippen LogP contribution >= 0.6 is 11.8 Å². The minimum Gasteiger partial charge on any atom is -0.367 e. The Labute approximate surface area is 226 Å². The summed E-state index contributed by atoms with van der Waals surface area (Å²) >= 11 is 1.72. The molecule has 190 valence electrons. The number of fused-ring (bicyclic) bond motifs is 1. The maximum absolute atomic E-state index is 13.2. The van der Waals surface area contributed by atoms with Gasteiger partial charge in [-0.25, -0.2) is 4.68 Å². The van der Waals surface area contributed by atoms with E-state index in [2.05, 4.69) is 62.8 Å². The third-order valence-corrected chi connectivity index (χ3v) is 7.75. The molecule has 1 aliphatic rings. The number of para-hydroxylation sites is 1. The minimum atomic E-state index is 0.0764. The molecule has 2 aromatic heterocycles. The molecular formula is C30H28N6OS. The molecular weight excluding hydrogens is 492 g/mol. The van der Waals surface area contributed by atoms with E-state index in [1.54, 1.807) is 11.8 Å². The quantitative estimate of drug-likeness (QED) is 0.286. The molecule has 0 spiro atoms. The van der Waals surface area contributed by atoms with Crippen molar-refractivity contribution in [1.82, 2.24) is 24.9 Å². The van der Waals surface area contributed by atoms with Crippen LogP contribution in [-0.2, 0) is 6.54 Å². The summed E-state index contributed by atoms with van der Waals surface area (Å²) in [7, 11) is 0. The molecule has 6 rings (SSSR count). The summed E-state index contributed by atoms with van der Waals surface area (Å²) in [6.07, 6.45) is 5.88. The Balaban J connectivity index is 1.07. The van der Waals surface area contributed by atoms with E-state index < -0.39 is 0 Å². The van der Waals surface area contributed by atoms with Crippen LogP contribution in [0.15, 0.2) is 96.2 Å². The van der Waals surface area contributed by atoms with Gasteiger partial charge in [0.15, 0.2) is 0 Å². The first-order valence-electron chi connectivity index (χ1n) is 12.7. The van der Waals surface area contributed by atoms with Crippen molar-refractivity contribution in [3.8, 4) is 11.3 Å². The van der Waals surface area contributed by atoms with E-state index in [0.717, 1.165) is 40.8 Å². The van der Waals surface area contributed by atoms with Crippen LogP contribution in [-0.4, -0.2) is 63.2 Å². The van der Waals surface area contributed by atoms with Gasteiger partial charge in [0.2, 0.25) is 0 Å². The lowest BCUT2D eigenvalue weighted by molar-refractivity contribution is 0.0747. The smallest absolute Gasteiger partial charge is 0.253 e. The molecule has 0 bridgehead atoms. The molecule has 0 aliphatic carbocycles. The average Bonchev–Trinajstić information content (AvgIpc) is 3.45. The van der Waals surface area contributed by atoms with Gasteiger partial charge in [-0.15, -0.1) is 16.9 Å². The lowest BCUT2D eigenvalue weighted by Crippen LogP contribution is -2.48. The zero-order valence-corrected chi connectivity index (χ0v) is 22.0. The third-order valence-electron chi connectivity index (χ3n) is 7.00. The summed E-state index contributed by atoms with van der Waals surface area (Å²) in [5.41, 5.74) is 5.86. The molecule has 7 nitrogen and oxygen atoms in total. The molecule has 8 heteroatoms. The van der Waals surface area contributed by atoms with Gasteiger partial charge in [-0.2, -0.15) is 0 Å². The van der Waals surface area contributed by atoms with Crippen LogP contribution in [0.2, 0.25) is 0 Å². The Kier molecular flexibility index (Phi) is 6.79. The summed E-state index contributed by atoms with van der Waals surface area (Å²) in [5.74, 6) is 0.0764. The second kappa shape index (κ2) is 10.7. The molecule has 1 fully saturated rings. The molecule has 0 unspecified atom stereocenters. The predicted octanol–water partition coefficient (Wildman–Crippen LogP) is 5.23. The molecule has 5 aromatic rings. The molecule has 1 amide bonds. The van der Waals surface area contributed by atoms with E-state index in [9.17, 15) is 4.79 Å². The van der Waals surface area contributed by atoms with Crippen molar-refractivity contribution < 1.29 is 4.79 Å². The second-order valence-electron chi connectivity index (χ2n) is 9.35. The van der Waals surface area contributed by atoms with E-state index in [-0.39, 0.29) is 5.91 Å². The Morgan fingerprint density at radius 3 is 2.42 bits per heavy atom. The zero-order valence-electron chi connectivity index (χ0n) is 21.2. The number of piperazine rings is 1. The van der Waals surface area contributed by atoms with Crippen LogP contribution in [0.4, 0.5) is 5.69 Å². The van der Waals surface area contributed by atoms with Gasteiger partial charge in [-0.3, -0.25) is 9.78 Å². The fraction of sp³-hybridized carbons (Fsp3) is 0.200. The Bertz CT molecular complexity index is 1550. The number of hydrogen-bond donors (Lipinski definition) is 0. The molecule has 0 radical (unpaired) electrons. The number of rotatable bonds is 6. The van der Waals surface area contributed by atoms with Crippen LogP contribution < -0.4 is 4.90 Å². The summed E-state index contributed by atoms with van der Waals surface area (Å²) in [5, 5.41) is 9.77. The highest BCUT2D eigenvalue weighted by Crippen LogP contribution is 2.26. The number of carbonyl (C=O) groups is 1. The van der Waals surface area contributed by atoms with Gasteiger partial charge in [-0.05, 0) is 48.2 Å². The number of benzene rings is 3. The van der Waals surface area contributed by atoms with Gasteiger partial charge in [0.1, 0.15) is 5.69 Å². The first-order chi connectivity index (χ1) is 18.7. The average molecular weight is 521 g/mol. The molecule has 0 N–H and O–H groups in total. The highest BCUT2D eigenvalue weighted by molar-refractivity contribution is 7.98. The van der Waals surface area contributed by atoms with Crippen molar-refractivity contribution in [3.05, 3.63) is 102 Å². The van der Waals surface area contributed by atoms with Gasteiger partial charge < -0.3 is 9.80 Å². The molecule has 1 saturated heterocycles. The van der Waals surface area contributed by atoms with Crippen LogP contribution in [0.3, 0.4) is 0 Å². The Hall–Kier alpha value is -4.17. The molecule has 1 aliphatic heterocycles. The van der Waals surface area contributed by atoms with Crippen LogP contribution in [0.1, 0.15) is 15.9 Å². The van der Waals surface area contributed by atoms with Crippen LogP contribution in [0.25, 0.3) is 22.2 Å². The maximum atomic E-state index is 13.2. The number of carbonyl (C=O) groups excluding carboxylic acids is 1. The normalized spacial score (nSPS) is 13.7. The number of anilines is 1. The van der Waals surface area contributed by atoms with Gasteiger partial charge in [-0.1, -0.05) is 47.7 Å². The molecule has 0 atom stereocenters. The number of thioether (sulfide) groups is 1.